The Kier molecular flexibility index (Phi) is 5.65. The highest BCUT2D eigenvalue weighted by atomic mass is 32.2. The molecule has 0 aromatic rings. The zero-order valence-electron chi connectivity index (χ0n) is 11.3. The van der Waals surface area contributed by atoms with E-state index < -0.39 is 0 Å². The Bertz CT molecular complexity index is 174. The molecule has 3 heteroatoms. The molecular formula is C12H27NOS. The number of hydrogen-bond acceptors (Lipinski definition) is 3. The average molecular weight is 233 g/mol. The molecule has 0 aliphatic carbocycles. The number of hydroxylamine groups is 2. The summed E-state index contributed by atoms with van der Waals surface area (Å²) in [5.41, 5.74) is -0.0891. The van der Waals surface area contributed by atoms with Crippen LogP contribution in [0.1, 0.15) is 61.3 Å². The second-order valence-electron chi connectivity index (χ2n) is 5.41. The Hall–Kier alpha value is 0.270. The van der Waals surface area contributed by atoms with E-state index in [4.69, 9.17) is 0 Å². The molecule has 0 bridgehead atoms. The average Bonchev–Trinajstić information content (AvgIpc) is 1.99. The molecule has 0 saturated carbocycles. The second-order valence-corrected chi connectivity index (χ2v) is 7.45. The van der Waals surface area contributed by atoms with Crippen LogP contribution in [0.5, 0.6) is 0 Å². The van der Waals surface area contributed by atoms with Crippen LogP contribution in [0.4, 0.5) is 0 Å². The van der Waals surface area contributed by atoms with Crippen molar-refractivity contribution in [3.8, 4) is 0 Å². The molecule has 15 heavy (non-hydrogen) atoms. The van der Waals surface area contributed by atoms with E-state index in [1.807, 2.05) is 11.8 Å². The van der Waals surface area contributed by atoms with Crippen LogP contribution < -0.4 is 0 Å². The van der Waals surface area contributed by atoms with Gasteiger partial charge < -0.3 is 5.21 Å². The van der Waals surface area contributed by atoms with Crippen molar-refractivity contribution in [1.82, 2.24) is 5.06 Å². The topological polar surface area (TPSA) is 23.5 Å². The molecule has 0 aromatic carbocycles. The van der Waals surface area contributed by atoms with E-state index in [0.29, 0.717) is 5.25 Å². The van der Waals surface area contributed by atoms with E-state index in [0.717, 1.165) is 6.42 Å². The molecule has 2 nitrogen and oxygen atoms in total. The number of nitrogens with zero attached hydrogens (tertiary/aromatic N) is 1. The molecule has 1 aliphatic rings. The highest BCUT2D eigenvalue weighted by Gasteiger charge is 2.44. The summed E-state index contributed by atoms with van der Waals surface area (Å²) in [7, 11) is 0. The minimum absolute atomic E-state index is 0.0891. The summed E-state index contributed by atoms with van der Waals surface area (Å²) in [6, 6.07) is 0. The summed E-state index contributed by atoms with van der Waals surface area (Å²) in [5.74, 6) is 0. The first-order chi connectivity index (χ1) is 6.67. The van der Waals surface area contributed by atoms with Crippen molar-refractivity contribution >= 4 is 11.8 Å². The predicted octanol–water partition coefficient (Wildman–Crippen LogP) is 4.13. The zero-order valence-corrected chi connectivity index (χ0v) is 12.1. The van der Waals surface area contributed by atoms with Gasteiger partial charge in [-0.1, -0.05) is 27.2 Å². The van der Waals surface area contributed by atoms with Gasteiger partial charge in [-0.15, -0.1) is 11.8 Å². The van der Waals surface area contributed by atoms with E-state index in [2.05, 4.69) is 48.5 Å². The normalized spacial score (nSPS) is 29.2. The largest absolute Gasteiger partial charge is 0.312 e. The Morgan fingerprint density at radius 3 is 2.00 bits per heavy atom. The first-order valence-electron chi connectivity index (χ1n) is 5.84. The maximum Gasteiger partial charge on any atom is 0.0862 e. The van der Waals surface area contributed by atoms with Crippen molar-refractivity contribution in [2.45, 2.75) is 77.0 Å². The SMILES string of the molecule is CC1CC(C)(C)N(O)C(C)(C)S1.CCC. The Balaban J connectivity index is 0.000000583. The fourth-order valence-electron chi connectivity index (χ4n) is 2.10. The maximum absolute atomic E-state index is 9.90. The summed E-state index contributed by atoms with van der Waals surface area (Å²) < 4.78 is 0. The molecule has 92 valence electrons. The molecule has 1 fully saturated rings. The van der Waals surface area contributed by atoms with Crippen molar-refractivity contribution in [1.29, 1.82) is 0 Å². The van der Waals surface area contributed by atoms with Gasteiger partial charge in [-0.3, -0.25) is 0 Å². The molecular weight excluding hydrogens is 206 g/mol. The first-order valence-corrected chi connectivity index (χ1v) is 6.72. The molecule has 1 atom stereocenters. The zero-order chi connectivity index (χ0) is 12.3. The van der Waals surface area contributed by atoms with Crippen molar-refractivity contribution in [2.24, 2.45) is 0 Å². The van der Waals surface area contributed by atoms with Gasteiger partial charge in [0.05, 0.1) is 4.87 Å². The molecule has 1 unspecified atom stereocenters. The number of rotatable bonds is 0. The quantitative estimate of drug-likeness (QED) is 0.680. The summed E-state index contributed by atoms with van der Waals surface area (Å²) >= 11 is 1.83. The van der Waals surface area contributed by atoms with Crippen LogP contribution in [0.15, 0.2) is 0 Å². The third-order valence-electron chi connectivity index (χ3n) is 2.36. The van der Waals surface area contributed by atoms with Gasteiger partial charge >= 0.3 is 0 Å². The second kappa shape index (κ2) is 5.55. The van der Waals surface area contributed by atoms with Gasteiger partial charge in [0.15, 0.2) is 0 Å². The lowest BCUT2D eigenvalue weighted by Crippen LogP contribution is -2.56. The van der Waals surface area contributed by atoms with Crippen LogP contribution in [0.3, 0.4) is 0 Å². The van der Waals surface area contributed by atoms with Gasteiger partial charge in [0, 0.05) is 10.8 Å². The molecule has 1 saturated heterocycles. The minimum atomic E-state index is -0.152. The lowest BCUT2D eigenvalue weighted by atomic mass is 9.96. The summed E-state index contributed by atoms with van der Waals surface area (Å²) in [6.45, 7) is 14.8. The molecule has 0 radical (unpaired) electrons. The summed E-state index contributed by atoms with van der Waals surface area (Å²) in [6.07, 6.45) is 2.29. The third kappa shape index (κ3) is 4.33. The van der Waals surface area contributed by atoms with E-state index in [1.54, 1.807) is 0 Å². The van der Waals surface area contributed by atoms with Gasteiger partial charge in [-0.25, -0.2) is 0 Å². The number of hydrogen-bond donors (Lipinski definition) is 1. The predicted molar refractivity (Wildman–Crippen MR) is 69.4 cm³/mol. The van der Waals surface area contributed by atoms with Gasteiger partial charge in [0.25, 0.3) is 0 Å². The standard InChI is InChI=1S/C9H19NOS.C3H8/c1-7-6-8(2,3)10(11)9(4,5)12-7;1-3-2/h7,11H,6H2,1-5H3;3H2,1-2H3. The minimum Gasteiger partial charge on any atom is -0.312 e. The van der Waals surface area contributed by atoms with Crippen LogP contribution in [0.2, 0.25) is 0 Å². The smallest absolute Gasteiger partial charge is 0.0862 e. The maximum atomic E-state index is 9.90. The third-order valence-corrected chi connectivity index (χ3v) is 3.68. The van der Waals surface area contributed by atoms with Gasteiger partial charge in [0.1, 0.15) is 0 Å². The first kappa shape index (κ1) is 15.3. The van der Waals surface area contributed by atoms with Crippen LogP contribution in [0.25, 0.3) is 0 Å². The lowest BCUT2D eigenvalue weighted by Gasteiger charge is -2.50. The Morgan fingerprint density at radius 2 is 1.67 bits per heavy atom. The fourth-order valence-corrected chi connectivity index (χ4v) is 3.93. The Labute approximate surface area is 99.4 Å². The highest BCUT2D eigenvalue weighted by molar-refractivity contribution is 8.01. The van der Waals surface area contributed by atoms with Gasteiger partial charge in [0.2, 0.25) is 0 Å². The molecule has 0 aromatic heterocycles. The van der Waals surface area contributed by atoms with Crippen LogP contribution >= 0.6 is 11.8 Å². The van der Waals surface area contributed by atoms with Crippen molar-refractivity contribution in [2.75, 3.05) is 0 Å². The van der Waals surface area contributed by atoms with E-state index in [9.17, 15) is 5.21 Å². The van der Waals surface area contributed by atoms with Crippen LogP contribution in [-0.4, -0.2) is 25.9 Å². The molecule has 1 aliphatic heterocycles. The Morgan fingerprint density at radius 1 is 1.27 bits per heavy atom. The van der Waals surface area contributed by atoms with Crippen LogP contribution in [-0.2, 0) is 0 Å². The molecule has 1 heterocycles. The summed E-state index contributed by atoms with van der Waals surface area (Å²) in [5, 5.41) is 12.0. The van der Waals surface area contributed by atoms with E-state index >= 15 is 0 Å². The summed E-state index contributed by atoms with van der Waals surface area (Å²) in [4.78, 5) is -0.152. The van der Waals surface area contributed by atoms with E-state index in [-0.39, 0.29) is 10.4 Å². The molecule has 0 amide bonds. The molecule has 1 N–H and O–H groups in total. The van der Waals surface area contributed by atoms with E-state index in [1.165, 1.54) is 11.5 Å². The van der Waals surface area contributed by atoms with Crippen LogP contribution in [0, 0.1) is 0 Å². The van der Waals surface area contributed by atoms with Crippen molar-refractivity contribution in [3.63, 3.8) is 0 Å². The molecule has 1 rings (SSSR count). The van der Waals surface area contributed by atoms with Crippen molar-refractivity contribution < 1.29 is 5.21 Å². The van der Waals surface area contributed by atoms with Gasteiger partial charge in [-0.2, -0.15) is 5.06 Å². The number of thioether (sulfide) groups is 1. The fraction of sp³-hybridized carbons (Fsp3) is 1.00. The highest BCUT2D eigenvalue weighted by Crippen LogP contribution is 2.44. The van der Waals surface area contributed by atoms with Crippen molar-refractivity contribution in [3.05, 3.63) is 0 Å². The lowest BCUT2D eigenvalue weighted by molar-refractivity contribution is -0.202. The monoisotopic (exact) mass is 233 g/mol. The van der Waals surface area contributed by atoms with Gasteiger partial charge in [-0.05, 0) is 34.1 Å². The molecule has 0 spiro atoms.